The lowest BCUT2D eigenvalue weighted by Gasteiger charge is -2.48. The summed E-state index contributed by atoms with van der Waals surface area (Å²) in [4.78, 5) is 18.8. The van der Waals surface area contributed by atoms with Gasteiger partial charge in [-0.15, -0.1) is 13.2 Å². The van der Waals surface area contributed by atoms with Crippen molar-refractivity contribution < 1.29 is 27.4 Å². The number of alkyl halides is 3. The highest BCUT2D eigenvalue weighted by Crippen LogP contribution is 2.27. The van der Waals surface area contributed by atoms with Crippen LogP contribution in [-0.4, -0.2) is 74.6 Å². The zero-order valence-corrected chi connectivity index (χ0v) is 17.6. The van der Waals surface area contributed by atoms with Crippen LogP contribution in [0.3, 0.4) is 0 Å². The molecule has 2 aliphatic heterocycles. The van der Waals surface area contributed by atoms with Gasteiger partial charge in [-0.05, 0) is 36.4 Å². The second-order valence-electron chi connectivity index (χ2n) is 7.75. The zero-order valence-electron chi connectivity index (χ0n) is 17.6. The second kappa shape index (κ2) is 9.15. The van der Waals surface area contributed by atoms with E-state index in [1.54, 1.807) is 36.3 Å². The number of halogens is 3. The number of nitrogens with zero attached hydrogens (tertiary/aromatic N) is 3. The molecule has 2 fully saturated rings. The van der Waals surface area contributed by atoms with Crippen molar-refractivity contribution in [2.45, 2.75) is 12.4 Å². The summed E-state index contributed by atoms with van der Waals surface area (Å²) in [5.41, 5.74) is 1.51. The van der Waals surface area contributed by atoms with E-state index in [9.17, 15) is 18.0 Å². The van der Waals surface area contributed by atoms with Crippen LogP contribution in [0, 0.1) is 0 Å². The fourth-order valence-corrected chi connectivity index (χ4v) is 4.00. The number of para-hydroxylation sites is 2. The first-order valence-corrected chi connectivity index (χ1v) is 10.4. The molecule has 2 heterocycles. The van der Waals surface area contributed by atoms with E-state index in [0.717, 1.165) is 31.9 Å². The smallest absolute Gasteiger partial charge is 0.495 e. The summed E-state index contributed by atoms with van der Waals surface area (Å²) in [5, 5.41) is 2.89. The number of benzene rings is 2. The minimum atomic E-state index is -4.69. The molecule has 0 aliphatic carbocycles. The lowest BCUT2D eigenvalue weighted by molar-refractivity contribution is -0.274. The topological polar surface area (TPSA) is 57.3 Å². The monoisotopic (exact) mass is 450 g/mol. The molecule has 2 aliphatic rings. The Morgan fingerprint density at radius 1 is 1.00 bits per heavy atom. The normalized spacial score (nSPS) is 17.6. The number of anilines is 2. The number of ether oxygens (including phenoxy) is 2. The van der Waals surface area contributed by atoms with E-state index >= 15 is 0 Å². The van der Waals surface area contributed by atoms with E-state index in [-0.39, 0.29) is 11.8 Å². The highest BCUT2D eigenvalue weighted by molar-refractivity contribution is 5.91. The van der Waals surface area contributed by atoms with Gasteiger partial charge in [-0.25, -0.2) is 4.79 Å². The van der Waals surface area contributed by atoms with Crippen LogP contribution in [0.5, 0.6) is 11.5 Å². The maximum atomic E-state index is 12.5. The van der Waals surface area contributed by atoms with Crippen molar-refractivity contribution in [3.63, 3.8) is 0 Å². The van der Waals surface area contributed by atoms with Crippen LogP contribution in [0.1, 0.15) is 0 Å². The second-order valence-corrected chi connectivity index (χ2v) is 7.75. The van der Waals surface area contributed by atoms with Gasteiger partial charge in [0.15, 0.2) is 0 Å². The number of carbonyl (C=O) groups excluding carboxylic acids is 1. The highest BCUT2D eigenvalue weighted by Gasteiger charge is 2.36. The van der Waals surface area contributed by atoms with Crippen LogP contribution < -0.4 is 19.7 Å². The fourth-order valence-electron chi connectivity index (χ4n) is 4.00. The molecular formula is C22H25F3N4O3. The van der Waals surface area contributed by atoms with E-state index in [1.807, 2.05) is 12.1 Å². The van der Waals surface area contributed by atoms with Crippen molar-refractivity contribution in [1.29, 1.82) is 0 Å². The molecule has 172 valence electrons. The molecule has 2 aromatic carbocycles. The molecule has 7 nitrogen and oxygen atoms in total. The molecule has 0 aromatic heterocycles. The first kappa shape index (κ1) is 22.1. The van der Waals surface area contributed by atoms with Gasteiger partial charge >= 0.3 is 12.4 Å². The van der Waals surface area contributed by atoms with Crippen LogP contribution in [0.4, 0.5) is 29.3 Å². The molecule has 32 heavy (non-hydrogen) atoms. The third-order valence-corrected chi connectivity index (χ3v) is 5.76. The van der Waals surface area contributed by atoms with Gasteiger partial charge in [-0.1, -0.05) is 12.1 Å². The number of rotatable bonds is 5. The van der Waals surface area contributed by atoms with Gasteiger partial charge in [0, 0.05) is 51.0 Å². The summed E-state index contributed by atoms with van der Waals surface area (Å²) in [6.07, 6.45) is -4.69. The van der Waals surface area contributed by atoms with Crippen LogP contribution >= 0.6 is 0 Å². The highest BCUT2D eigenvalue weighted by atomic mass is 19.4. The van der Waals surface area contributed by atoms with Crippen molar-refractivity contribution in [2.24, 2.45) is 0 Å². The Hall–Kier alpha value is -3.14. The van der Waals surface area contributed by atoms with Crippen molar-refractivity contribution in [3.05, 3.63) is 48.5 Å². The number of nitrogens with one attached hydrogen (secondary N) is 1. The average Bonchev–Trinajstić information content (AvgIpc) is 2.73. The van der Waals surface area contributed by atoms with Gasteiger partial charge in [-0.2, -0.15) is 0 Å². The van der Waals surface area contributed by atoms with Gasteiger partial charge in [0.1, 0.15) is 11.5 Å². The third-order valence-electron chi connectivity index (χ3n) is 5.76. The number of hydrogen-bond acceptors (Lipinski definition) is 5. The molecule has 0 unspecified atom stereocenters. The summed E-state index contributed by atoms with van der Waals surface area (Å²) in [6.45, 7) is 4.50. The number of carbonyl (C=O) groups is 1. The summed E-state index contributed by atoms with van der Waals surface area (Å²) in [6, 6.07) is 13.4. The van der Waals surface area contributed by atoms with Gasteiger partial charge in [0.25, 0.3) is 0 Å². The number of amides is 2. The Morgan fingerprint density at radius 3 is 2.28 bits per heavy atom. The van der Waals surface area contributed by atoms with Crippen LogP contribution in [-0.2, 0) is 0 Å². The first-order valence-electron chi connectivity index (χ1n) is 10.4. The predicted molar refractivity (Wildman–Crippen MR) is 114 cm³/mol. The third kappa shape index (κ3) is 5.18. The van der Waals surface area contributed by atoms with Crippen molar-refractivity contribution >= 4 is 17.4 Å². The number of urea groups is 1. The molecule has 0 bridgehead atoms. The molecule has 0 atom stereocenters. The summed E-state index contributed by atoms with van der Waals surface area (Å²) >= 11 is 0. The summed E-state index contributed by atoms with van der Waals surface area (Å²) in [7, 11) is 1.56. The average molecular weight is 450 g/mol. The molecule has 0 radical (unpaired) electrons. The Morgan fingerprint density at radius 2 is 1.66 bits per heavy atom. The van der Waals surface area contributed by atoms with Crippen LogP contribution in [0.25, 0.3) is 0 Å². The van der Waals surface area contributed by atoms with E-state index in [4.69, 9.17) is 4.74 Å². The maximum Gasteiger partial charge on any atom is 0.573 e. The molecule has 4 rings (SSSR count). The van der Waals surface area contributed by atoms with E-state index in [1.165, 1.54) is 12.1 Å². The quantitative estimate of drug-likeness (QED) is 0.754. The molecule has 1 N–H and O–H groups in total. The van der Waals surface area contributed by atoms with E-state index in [0.29, 0.717) is 30.6 Å². The minimum Gasteiger partial charge on any atom is -0.495 e. The SMILES string of the molecule is COc1ccccc1NC(=O)N1CC(N2CCN(c3ccc(OC(F)(F)F)cc3)CC2)C1. The van der Waals surface area contributed by atoms with Crippen LogP contribution in [0.15, 0.2) is 48.5 Å². The summed E-state index contributed by atoms with van der Waals surface area (Å²) in [5.74, 6) is 0.396. The Kier molecular flexibility index (Phi) is 6.31. The number of hydrogen-bond donors (Lipinski definition) is 1. The Balaban J connectivity index is 1.22. The lowest BCUT2D eigenvalue weighted by atomic mass is 10.1. The number of piperazine rings is 1. The number of likely N-dealkylation sites (tertiary alicyclic amines) is 1. The zero-order chi connectivity index (χ0) is 22.7. The maximum absolute atomic E-state index is 12.5. The van der Waals surface area contributed by atoms with Crippen molar-refractivity contribution in [2.75, 3.05) is 56.6 Å². The first-order chi connectivity index (χ1) is 15.3. The summed E-state index contributed by atoms with van der Waals surface area (Å²) < 4.78 is 46.1. The molecule has 10 heteroatoms. The van der Waals surface area contributed by atoms with E-state index < -0.39 is 6.36 Å². The predicted octanol–water partition coefficient (Wildman–Crippen LogP) is 3.63. The number of methoxy groups -OCH3 is 1. The molecule has 0 spiro atoms. The minimum absolute atomic E-state index is 0.148. The Bertz CT molecular complexity index is 925. The van der Waals surface area contributed by atoms with Gasteiger partial charge < -0.3 is 24.6 Å². The Labute approximate surface area is 184 Å². The van der Waals surface area contributed by atoms with Crippen molar-refractivity contribution in [3.8, 4) is 11.5 Å². The van der Waals surface area contributed by atoms with E-state index in [2.05, 4.69) is 19.9 Å². The lowest BCUT2D eigenvalue weighted by Crippen LogP contribution is -2.64. The standard InChI is InChI=1S/C22H25F3N4O3/c1-31-20-5-3-2-4-19(20)26-21(30)29-14-17(15-29)28-12-10-27(11-13-28)16-6-8-18(9-7-16)32-22(23,24)25/h2-9,17H,10-15H2,1H3,(H,26,30). The van der Waals surface area contributed by atoms with Crippen molar-refractivity contribution in [1.82, 2.24) is 9.80 Å². The molecular weight excluding hydrogens is 425 g/mol. The fraction of sp³-hybridized carbons (Fsp3) is 0.409. The van der Waals surface area contributed by atoms with Crippen LogP contribution in [0.2, 0.25) is 0 Å². The molecule has 0 saturated carbocycles. The molecule has 2 aromatic rings. The van der Waals surface area contributed by atoms with Gasteiger partial charge in [-0.3, -0.25) is 4.90 Å². The molecule has 2 amide bonds. The largest absolute Gasteiger partial charge is 0.573 e. The molecule has 2 saturated heterocycles. The van der Waals surface area contributed by atoms with Gasteiger partial charge in [0.05, 0.1) is 12.8 Å². The van der Waals surface area contributed by atoms with Gasteiger partial charge in [0.2, 0.25) is 0 Å².